The lowest BCUT2D eigenvalue weighted by Gasteiger charge is -2.32. The van der Waals surface area contributed by atoms with E-state index in [1.54, 1.807) is 42.2 Å². The summed E-state index contributed by atoms with van der Waals surface area (Å²) in [5, 5.41) is 6.84. The lowest BCUT2D eigenvalue weighted by Crippen LogP contribution is -2.44. The summed E-state index contributed by atoms with van der Waals surface area (Å²) in [6.07, 6.45) is 1.63. The number of hydrogen-bond acceptors (Lipinski definition) is 5. The molecule has 0 aliphatic carbocycles. The van der Waals surface area contributed by atoms with Crippen LogP contribution in [0.5, 0.6) is 5.75 Å². The van der Waals surface area contributed by atoms with Crippen LogP contribution < -0.4 is 10.1 Å². The molecule has 1 amide bonds. The molecule has 1 fully saturated rings. The minimum atomic E-state index is -3.74. The van der Waals surface area contributed by atoms with E-state index in [0.717, 1.165) is 30.9 Å². The van der Waals surface area contributed by atoms with E-state index in [-0.39, 0.29) is 11.7 Å². The number of rotatable bonds is 8. The van der Waals surface area contributed by atoms with E-state index in [1.807, 2.05) is 0 Å². The Kier molecular flexibility index (Phi) is 7.69. The van der Waals surface area contributed by atoms with E-state index in [2.05, 4.69) is 22.2 Å². The summed E-state index contributed by atoms with van der Waals surface area (Å²) in [6, 6.07) is 11.7. The van der Waals surface area contributed by atoms with Gasteiger partial charge in [-0.25, -0.2) is 0 Å². The molecule has 1 N–H and O–H groups in total. The summed E-state index contributed by atoms with van der Waals surface area (Å²) in [6.45, 7) is 5.59. The fourth-order valence-electron chi connectivity index (χ4n) is 3.91. The number of carbonyl (C=O) groups is 1. The Morgan fingerprint density at radius 3 is 2.57 bits per heavy atom. The Morgan fingerprint density at radius 2 is 1.91 bits per heavy atom. The number of alkyl halides is 2. The zero-order valence-electron chi connectivity index (χ0n) is 19.5. The minimum absolute atomic E-state index is 0.163. The lowest BCUT2D eigenvalue weighted by molar-refractivity contribution is -0.140. The molecule has 4 rings (SSSR count). The van der Waals surface area contributed by atoms with Gasteiger partial charge in [-0.1, -0.05) is 23.7 Å². The largest absolute Gasteiger partial charge is 0.491 e. The van der Waals surface area contributed by atoms with Gasteiger partial charge in [-0.3, -0.25) is 14.4 Å². The highest BCUT2D eigenvalue weighted by Gasteiger charge is 2.41. The van der Waals surface area contributed by atoms with Crippen molar-refractivity contribution in [2.75, 3.05) is 38.2 Å². The van der Waals surface area contributed by atoms with Crippen LogP contribution in [0.25, 0.3) is 11.3 Å². The van der Waals surface area contributed by atoms with Crippen molar-refractivity contribution in [3.8, 4) is 17.0 Å². The van der Waals surface area contributed by atoms with Crippen molar-refractivity contribution < 1.29 is 23.0 Å². The van der Waals surface area contributed by atoms with Crippen LogP contribution in [-0.2, 0) is 22.5 Å². The van der Waals surface area contributed by atoms with Crippen molar-refractivity contribution in [2.45, 2.75) is 18.9 Å². The second-order valence-corrected chi connectivity index (χ2v) is 8.83. The summed E-state index contributed by atoms with van der Waals surface area (Å²) in [4.78, 5) is 14.8. The first-order valence-corrected chi connectivity index (χ1v) is 11.7. The maximum Gasteiger partial charge on any atom is 0.350 e. The first-order valence-electron chi connectivity index (χ1n) is 11.3. The zero-order chi connectivity index (χ0) is 25.0. The highest BCUT2D eigenvalue weighted by atomic mass is 35.5. The number of ether oxygens (including phenoxy) is 2. The number of aryl methyl sites for hydroxylation is 1. The monoisotopic (exact) mass is 504 g/mol. The van der Waals surface area contributed by atoms with Crippen LogP contribution in [0.15, 0.2) is 54.7 Å². The van der Waals surface area contributed by atoms with Crippen LogP contribution in [0, 0.1) is 0 Å². The van der Waals surface area contributed by atoms with Crippen LogP contribution in [0.3, 0.4) is 0 Å². The van der Waals surface area contributed by atoms with Crippen molar-refractivity contribution in [1.29, 1.82) is 0 Å². The number of halogens is 3. The molecule has 186 valence electrons. The molecule has 35 heavy (non-hydrogen) atoms. The molecule has 10 heteroatoms. The Morgan fingerprint density at radius 1 is 1.20 bits per heavy atom. The first kappa shape index (κ1) is 25.1. The van der Waals surface area contributed by atoms with Gasteiger partial charge in [0.1, 0.15) is 12.4 Å². The lowest BCUT2D eigenvalue weighted by atomic mass is 10.1. The van der Waals surface area contributed by atoms with E-state index < -0.39 is 17.4 Å². The van der Waals surface area contributed by atoms with Gasteiger partial charge in [-0.15, -0.1) is 0 Å². The predicted molar refractivity (Wildman–Crippen MR) is 130 cm³/mol. The average molecular weight is 505 g/mol. The van der Waals surface area contributed by atoms with Crippen molar-refractivity contribution in [3.05, 3.63) is 65.3 Å². The molecule has 2 heterocycles. The van der Waals surface area contributed by atoms with Gasteiger partial charge in [0.05, 0.1) is 18.9 Å². The van der Waals surface area contributed by atoms with Crippen molar-refractivity contribution in [3.63, 3.8) is 0 Å². The third-order valence-corrected chi connectivity index (χ3v) is 6.23. The Labute approximate surface area is 207 Å². The van der Waals surface area contributed by atoms with Crippen LogP contribution in [0.2, 0.25) is 5.02 Å². The number of aromatic nitrogens is 2. The number of nitrogens with one attached hydrogen (secondary N) is 1. The number of morpholine rings is 1. The number of nitrogens with zero attached hydrogens (tertiary/aromatic N) is 3. The van der Waals surface area contributed by atoms with Gasteiger partial charge in [0.25, 0.3) is 5.91 Å². The first-order chi connectivity index (χ1) is 16.8. The highest BCUT2D eigenvalue weighted by Crippen LogP contribution is 2.35. The number of benzene rings is 2. The van der Waals surface area contributed by atoms with Crippen molar-refractivity contribution >= 4 is 23.2 Å². The topological polar surface area (TPSA) is 68.6 Å². The maximum absolute atomic E-state index is 14.8. The summed E-state index contributed by atoms with van der Waals surface area (Å²) < 4.78 is 42.7. The summed E-state index contributed by atoms with van der Waals surface area (Å²) in [5.41, 5.74) is 1.13. The molecule has 1 aliphatic heterocycles. The Bertz CT molecular complexity index is 1160. The predicted octanol–water partition coefficient (Wildman–Crippen LogP) is 4.57. The molecular formula is C25H27ClF2N4O3. The normalized spacial score (nSPS) is 15.6. The standard InChI is InChI=1S/C25H27ClF2N4O3/c1-17(32-11-13-34-14-12-32)16-35-23-8-7-20(15-21(23)22-9-10-29-31(22)2)30-24(33)25(27,28)18-3-5-19(26)6-4-18/h3-10,15,17H,11-14,16H2,1-2H3,(H,30,33). The van der Waals surface area contributed by atoms with Crippen molar-refractivity contribution in [1.82, 2.24) is 14.7 Å². The highest BCUT2D eigenvalue weighted by molar-refractivity contribution is 6.30. The van der Waals surface area contributed by atoms with E-state index in [1.165, 1.54) is 12.1 Å². The second-order valence-electron chi connectivity index (χ2n) is 8.39. The summed E-state index contributed by atoms with van der Waals surface area (Å²) in [7, 11) is 1.77. The summed E-state index contributed by atoms with van der Waals surface area (Å²) >= 11 is 5.78. The van der Waals surface area contributed by atoms with Crippen LogP contribution in [0.4, 0.5) is 14.5 Å². The van der Waals surface area contributed by atoms with Crippen LogP contribution in [0.1, 0.15) is 12.5 Å². The molecule has 3 aromatic rings. The van der Waals surface area contributed by atoms with Gasteiger partial charge in [0.15, 0.2) is 0 Å². The fourth-order valence-corrected chi connectivity index (χ4v) is 4.03. The molecule has 0 saturated carbocycles. The minimum Gasteiger partial charge on any atom is -0.491 e. The molecule has 1 aromatic heterocycles. The number of anilines is 1. The van der Waals surface area contributed by atoms with Crippen LogP contribution >= 0.6 is 11.6 Å². The van der Waals surface area contributed by atoms with Gasteiger partial charge >= 0.3 is 5.92 Å². The molecule has 1 atom stereocenters. The molecule has 0 spiro atoms. The summed E-state index contributed by atoms with van der Waals surface area (Å²) in [5.74, 6) is -4.61. The van der Waals surface area contributed by atoms with Gasteiger partial charge in [0.2, 0.25) is 0 Å². The van der Waals surface area contributed by atoms with Crippen LogP contribution in [-0.4, -0.2) is 59.5 Å². The SMILES string of the molecule is CC(COc1ccc(NC(=O)C(F)(F)c2ccc(Cl)cc2)cc1-c1ccnn1C)N1CCOCC1. The average Bonchev–Trinajstić information content (AvgIpc) is 3.29. The fraction of sp³-hybridized carbons (Fsp3) is 0.360. The van der Waals surface area contributed by atoms with E-state index in [9.17, 15) is 13.6 Å². The van der Waals surface area contributed by atoms with Gasteiger partial charge in [0, 0.05) is 54.2 Å². The molecule has 0 bridgehead atoms. The third-order valence-electron chi connectivity index (χ3n) is 5.98. The number of amides is 1. The second kappa shape index (κ2) is 10.7. The molecular weight excluding hydrogens is 478 g/mol. The van der Waals surface area contributed by atoms with E-state index in [4.69, 9.17) is 21.1 Å². The molecule has 1 unspecified atom stereocenters. The number of carbonyl (C=O) groups excluding carboxylic acids is 1. The molecule has 1 saturated heterocycles. The molecule has 0 radical (unpaired) electrons. The molecule has 7 nitrogen and oxygen atoms in total. The Balaban J connectivity index is 1.54. The van der Waals surface area contributed by atoms with E-state index in [0.29, 0.717) is 36.2 Å². The third kappa shape index (κ3) is 5.80. The maximum atomic E-state index is 14.8. The molecule has 1 aliphatic rings. The quantitative estimate of drug-likeness (QED) is 0.486. The molecule has 2 aromatic carbocycles. The smallest absolute Gasteiger partial charge is 0.350 e. The Hall–Kier alpha value is -3.01. The van der Waals surface area contributed by atoms with Gasteiger partial charge in [-0.05, 0) is 43.3 Å². The van der Waals surface area contributed by atoms with Gasteiger partial charge in [-0.2, -0.15) is 13.9 Å². The van der Waals surface area contributed by atoms with E-state index >= 15 is 0 Å². The van der Waals surface area contributed by atoms with Crippen molar-refractivity contribution in [2.24, 2.45) is 7.05 Å². The zero-order valence-corrected chi connectivity index (χ0v) is 20.3. The number of hydrogen-bond donors (Lipinski definition) is 1. The van der Waals surface area contributed by atoms with Gasteiger partial charge < -0.3 is 14.8 Å².